The average molecular weight is 220 g/mol. The Bertz CT molecular complexity index is 497. The molecule has 1 heterocycles. The Balaban J connectivity index is 2.44. The van der Waals surface area contributed by atoms with Crippen LogP contribution in [-0.2, 0) is 5.54 Å². The summed E-state index contributed by atoms with van der Waals surface area (Å²) in [4.78, 5) is 0. The van der Waals surface area contributed by atoms with E-state index >= 15 is 0 Å². The molecule has 2 nitrogen and oxygen atoms in total. The van der Waals surface area contributed by atoms with Crippen LogP contribution < -0.4 is 4.74 Å². The second kappa shape index (κ2) is 3.74. The van der Waals surface area contributed by atoms with Gasteiger partial charge in [-0.25, -0.2) is 8.91 Å². The van der Waals surface area contributed by atoms with Crippen molar-refractivity contribution in [1.29, 1.82) is 0 Å². The van der Waals surface area contributed by atoms with E-state index in [0.717, 1.165) is 0 Å². The van der Waals surface area contributed by atoms with Gasteiger partial charge >= 0.3 is 0 Å². The van der Waals surface area contributed by atoms with Crippen molar-refractivity contribution in [3.05, 3.63) is 42.3 Å². The predicted molar refractivity (Wildman–Crippen MR) is 59.3 cm³/mol. The zero-order valence-corrected chi connectivity index (χ0v) is 9.70. The van der Waals surface area contributed by atoms with Crippen molar-refractivity contribution in [1.82, 2.24) is 0 Å². The van der Waals surface area contributed by atoms with Gasteiger partial charge in [0.05, 0.1) is 11.6 Å². The molecule has 0 atom stereocenters. The largest absolute Gasteiger partial charge is 0.236 e. The number of rotatable bonds is 1. The van der Waals surface area contributed by atoms with Crippen LogP contribution in [0.2, 0.25) is 0 Å². The maximum atomic E-state index is 13.5. The van der Waals surface area contributed by atoms with Gasteiger partial charge in [-0.05, 0) is 16.9 Å². The molecule has 0 spiro atoms. The van der Waals surface area contributed by atoms with Crippen LogP contribution in [0.15, 0.2) is 41.1 Å². The van der Waals surface area contributed by atoms with Crippen LogP contribution in [0.5, 0.6) is 0 Å². The number of aromatic nitrogens is 1. The highest BCUT2D eigenvalue weighted by Gasteiger charge is 2.27. The van der Waals surface area contributed by atoms with E-state index in [1.807, 2.05) is 27.0 Å². The molecular weight excluding hydrogens is 205 g/mol. The van der Waals surface area contributed by atoms with E-state index in [1.165, 1.54) is 6.07 Å². The van der Waals surface area contributed by atoms with E-state index in [0.29, 0.717) is 11.3 Å². The molecule has 0 amide bonds. The zero-order valence-electron chi connectivity index (χ0n) is 9.70. The van der Waals surface area contributed by atoms with Crippen molar-refractivity contribution in [3.8, 4) is 11.3 Å². The molecule has 0 aliphatic carbocycles. The Morgan fingerprint density at radius 1 is 1.12 bits per heavy atom. The summed E-state index contributed by atoms with van der Waals surface area (Å²) in [7, 11) is 0. The maximum absolute atomic E-state index is 13.5. The molecule has 1 aromatic heterocycles. The summed E-state index contributed by atoms with van der Waals surface area (Å²) in [5.41, 5.74) is 0.356. The summed E-state index contributed by atoms with van der Waals surface area (Å²) >= 11 is 0. The number of benzene rings is 1. The third-order valence-corrected chi connectivity index (χ3v) is 2.36. The standard InChI is InChI=1S/C13H15FNO/c1-13(2,3)15-9-8-12(16-15)10-6-4-5-7-11(10)14/h4-9H,1-3H3/q+1. The molecule has 0 aliphatic rings. The summed E-state index contributed by atoms with van der Waals surface area (Å²) in [6.45, 7) is 6.09. The van der Waals surface area contributed by atoms with Gasteiger partial charge < -0.3 is 0 Å². The first-order valence-corrected chi connectivity index (χ1v) is 5.26. The van der Waals surface area contributed by atoms with Gasteiger partial charge in [-0.15, -0.1) is 0 Å². The van der Waals surface area contributed by atoms with Gasteiger partial charge in [0.2, 0.25) is 17.5 Å². The fourth-order valence-corrected chi connectivity index (χ4v) is 1.46. The highest BCUT2D eigenvalue weighted by atomic mass is 19.1. The first-order valence-electron chi connectivity index (χ1n) is 5.26. The van der Waals surface area contributed by atoms with E-state index in [4.69, 9.17) is 4.52 Å². The van der Waals surface area contributed by atoms with Crippen molar-refractivity contribution in [2.45, 2.75) is 26.3 Å². The smallest absolute Gasteiger partial charge is 0.221 e. The molecule has 0 saturated carbocycles. The lowest BCUT2D eigenvalue weighted by Gasteiger charge is -2.05. The normalized spacial score (nSPS) is 11.8. The molecule has 0 bridgehead atoms. The Kier molecular flexibility index (Phi) is 2.54. The summed E-state index contributed by atoms with van der Waals surface area (Å²) < 4.78 is 20.8. The summed E-state index contributed by atoms with van der Waals surface area (Å²) in [5, 5.41) is 0. The van der Waals surface area contributed by atoms with Gasteiger partial charge in [-0.1, -0.05) is 12.1 Å². The van der Waals surface area contributed by atoms with Crippen molar-refractivity contribution in [3.63, 3.8) is 0 Å². The van der Waals surface area contributed by atoms with Gasteiger partial charge in [0.15, 0.2) is 0 Å². The maximum Gasteiger partial charge on any atom is 0.221 e. The van der Waals surface area contributed by atoms with Crippen LogP contribution in [-0.4, -0.2) is 0 Å². The minimum atomic E-state index is -0.266. The van der Waals surface area contributed by atoms with Crippen molar-refractivity contribution in [2.75, 3.05) is 0 Å². The van der Waals surface area contributed by atoms with Gasteiger partial charge in [-0.3, -0.25) is 0 Å². The average Bonchev–Trinajstić information content (AvgIpc) is 2.66. The second-order valence-corrected chi connectivity index (χ2v) is 4.75. The summed E-state index contributed by atoms with van der Waals surface area (Å²) in [6, 6.07) is 8.38. The van der Waals surface area contributed by atoms with Crippen LogP contribution in [0.3, 0.4) is 0 Å². The quantitative estimate of drug-likeness (QED) is 0.675. The Labute approximate surface area is 94.3 Å². The molecule has 2 aromatic rings. The number of nitrogens with zero attached hydrogens (tertiary/aromatic N) is 1. The lowest BCUT2D eigenvalue weighted by atomic mass is 10.1. The number of hydrogen-bond donors (Lipinski definition) is 0. The van der Waals surface area contributed by atoms with Crippen LogP contribution in [0.4, 0.5) is 4.39 Å². The molecule has 0 radical (unpaired) electrons. The topological polar surface area (TPSA) is 17.0 Å². The van der Waals surface area contributed by atoms with E-state index in [-0.39, 0.29) is 11.4 Å². The molecule has 0 saturated heterocycles. The summed E-state index contributed by atoms with van der Waals surface area (Å²) in [5.74, 6) is 0.283. The zero-order chi connectivity index (χ0) is 11.8. The lowest BCUT2D eigenvalue weighted by Crippen LogP contribution is -2.48. The van der Waals surface area contributed by atoms with Crippen LogP contribution in [0.1, 0.15) is 20.8 Å². The minimum Gasteiger partial charge on any atom is -0.236 e. The van der Waals surface area contributed by atoms with Crippen LogP contribution in [0.25, 0.3) is 11.3 Å². The second-order valence-electron chi connectivity index (χ2n) is 4.75. The Hall–Kier alpha value is -1.64. The molecule has 0 unspecified atom stereocenters. The van der Waals surface area contributed by atoms with Crippen LogP contribution >= 0.6 is 0 Å². The highest BCUT2D eigenvalue weighted by molar-refractivity contribution is 5.56. The number of halogens is 1. The highest BCUT2D eigenvalue weighted by Crippen LogP contribution is 2.21. The molecule has 84 valence electrons. The van der Waals surface area contributed by atoms with E-state index in [2.05, 4.69) is 0 Å². The van der Waals surface area contributed by atoms with Gasteiger partial charge in [0.1, 0.15) is 5.82 Å². The van der Waals surface area contributed by atoms with Gasteiger partial charge in [0, 0.05) is 20.8 Å². The molecule has 0 N–H and O–H groups in total. The third-order valence-electron chi connectivity index (χ3n) is 2.36. The molecular formula is C13H15FNO+. The van der Waals surface area contributed by atoms with E-state index in [1.54, 1.807) is 29.0 Å². The summed E-state index contributed by atoms with van der Waals surface area (Å²) in [6.07, 6.45) is 1.82. The molecule has 0 fully saturated rings. The molecule has 1 aromatic carbocycles. The fraction of sp³-hybridized carbons (Fsp3) is 0.308. The Morgan fingerprint density at radius 2 is 1.81 bits per heavy atom. The molecule has 2 rings (SSSR count). The number of hydrogen-bond acceptors (Lipinski definition) is 1. The first-order chi connectivity index (χ1) is 7.48. The predicted octanol–water partition coefficient (Wildman–Crippen LogP) is 3.13. The lowest BCUT2D eigenvalue weighted by molar-refractivity contribution is -0.905. The molecule has 0 aliphatic heterocycles. The molecule has 3 heteroatoms. The van der Waals surface area contributed by atoms with Crippen molar-refractivity contribution in [2.24, 2.45) is 0 Å². The van der Waals surface area contributed by atoms with Crippen molar-refractivity contribution >= 4 is 0 Å². The first kappa shape index (κ1) is 10.9. The van der Waals surface area contributed by atoms with Gasteiger partial charge in [0.25, 0.3) is 0 Å². The monoisotopic (exact) mass is 220 g/mol. The third kappa shape index (κ3) is 1.98. The van der Waals surface area contributed by atoms with Gasteiger partial charge in [-0.2, -0.15) is 0 Å². The van der Waals surface area contributed by atoms with E-state index < -0.39 is 0 Å². The fourth-order valence-electron chi connectivity index (χ4n) is 1.46. The minimum absolute atomic E-state index is 0.135. The van der Waals surface area contributed by atoms with Crippen LogP contribution in [0, 0.1) is 5.82 Å². The van der Waals surface area contributed by atoms with Crippen molar-refractivity contribution < 1.29 is 13.7 Å². The van der Waals surface area contributed by atoms with E-state index in [9.17, 15) is 4.39 Å². The Morgan fingerprint density at radius 3 is 2.38 bits per heavy atom. The molecule has 16 heavy (non-hydrogen) atoms. The SMILES string of the molecule is CC(C)(C)[n+]1ccc(-c2ccccc2F)o1.